The van der Waals surface area contributed by atoms with Gasteiger partial charge in [-0.1, -0.05) is 0 Å². The third kappa shape index (κ3) is 8.04. The number of nitrogens with two attached hydrogens (primary N) is 2. The molecule has 6 rings (SSSR count). The van der Waals surface area contributed by atoms with Gasteiger partial charge in [0.15, 0.2) is 11.4 Å². The van der Waals surface area contributed by atoms with Gasteiger partial charge in [-0.25, -0.2) is 9.97 Å². The summed E-state index contributed by atoms with van der Waals surface area (Å²) >= 11 is 7.07. The number of carbonyl (C=O) groups is 2. The molecular formula is C34H42Br2N10O2. The number of aromatic nitrogens is 4. The Hall–Kier alpha value is -3.46. The molecule has 254 valence electrons. The van der Waals surface area contributed by atoms with Crippen LogP contribution in [0.5, 0.6) is 0 Å². The topological polar surface area (TPSA) is 186 Å². The van der Waals surface area contributed by atoms with Crippen molar-refractivity contribution < 1.29 is 9.59 Å². The summed E-state index contributed by atoms with van der Waals surface area (Å²) in [7, 11) is 0. The Bertz CT molecular complexity index is 1650. The number of amides is 2. The van der Waals surface area contributed by atoms with Crippen molar-refractivity contribution >= 4 is 76.9 Å². The maximum atomic E-state index is 13.5. The van der Waals surface area contributed by atoms with Gasteiger partial charge in [-0.15, -0.1) is 0 Å². The minimum atomic E-state index is -0.278. The zero-order valence-corrected chi connectivity index (χ0v) is 29.9. The molecule has 4 aromatic heterocycles. The van der Waals surface area contributed by atoms with E-state index in [1.165, 1.54) is 0 Å². The molecule has 12 nitrogen and oxygen atoms in total. The fourth-order valence-electron chi connectivity index (χ4n) is 6.55. The first-order chi connectivity index (χ1) is 23.3. The fraction of sp³-hybridized carbons (Fsp3) is 0.471. The minimum Gasteiger partial charge on any atom is -0.379 e. The monoisotopic (exact) mass is 780 g/mol. The fourth-order valence-corrected chi connectivity index (χ4v) is 7.55. The number of carbonyl (C=O) groups excluding carboxylic acids is 2. The molecule has 0 spiro atoms. The van der Waals surface area contributed by atoms with Crippen LogP contribution in [-0.2, 0) is 0 Å². The molecule has 0 saturated heterocycles. The Balaban J connectivity index is 1.07. The van der Waals surface area contributed by atoms with Crippen molar-refractivity contribution in [1.29, 1.82) is 0 Å². The van der Waals surface area contributed by atoms with E-state index in [4.69, 9.17) is 11.5 Å². The summed E-state index contributed by atoms with van der Waals surface area (Å²) in [6.07, 6.45) is 12.2. The van der Waals surface area contributed by atoms with E-state index in [9.17, 15) is 9.59 Å². The van der Waals surface area contributed by atoms with Gasteiger partial charge in [0, 0.05) is 60.4 Å². The molecule has 2 aliphatic carbocycles. The first-order valence-electron chi connectivity index (χ1n) is 16.8. The van der Waals surface area contributed by atoms with E-state index in [-0.39, 0.29) is 36.0 Å². The molecule has 0 aliphatic heterocycles. The molecule has 8 N–H and O–H groups in total. The number of hydrogen-bond donors (Lipinski definition) is 6. The maximum absolute atomic E-state index is 13.5. The molecule has 0 radical (unpaired) electrons. The second-order valence-corrected chi connectivity index (χ2v) is 14.3. The zero-order valence-electron chi connectivity index (χ0n) is 26.8. The molecule has 0 aromatic carbocycles. The van der Waals surface area contributed by atoms with E-state index >= 15 is 0 Å². The average Bonchev–Trinajstić information content (AvgIpc) is 3.10. The van der Waals surface area contributed by atoms with Crippen LogP contribution in [0.3, 0.4) is 0 Å². The number of pyridine rings is 4. The van der Waals surface area contributed by atoms with Gasteiger partial charge in [0.05, 0.1) is 22.4 Å². The van der Waals surface area contributed by atoms with Gasteiger partial charge in [0.2, 0.25) is 0 Å². The Labute approximate surface area is 296 Å². The lowest BCUT2D eigenvalue weighted by Gasteiger charge is -2.28. The van der Waals surface area contributed by atoms with Crippen LogP contribution >= 0.6 is 31.9 Å². The number of halogens is 2. The molecule has 2 aliphatic rings. The SMILES string of the molecule is NC1CCC(Nc2c(C(=O)NCCCCNC(=O)c3nc(Br)c4cccnc4c3NC3CCC(N)CC3)nc(Br)c3cccnc23)CC1. The number of nitrogens with zero attached hydrogens (tertiary/aromatic N) is 4. The summed E-state index contributed by atoms with van der Waals surface area (Å²) in [5.74, 6) is -0.557. The van der Waals surface area contributed by atoms with Gasteiger partial charge in [0.25, 0.3) is 11.8 Å². The largest absolute Gasteiger partial charge is 0.379 e. The van der Waals surface area contributed by atoms with Crippen molar-refractivity contribution in [2.75, 3.05) is 23.7 Å². The lowest BCUT2D eigenvalue weighted by Crippen LogP contribution is -2.34. The van der Waals surface area contributed by atoms with E-state index in [0.717, 1.165) is 62.1 Å². The molecular weight excluding hydrogens is 740 g/mol. The third-order valence-corrected chi connectivity index (χ3v) is 10.5. The Kier molecular flexibility index (Phi) is 11.3. The highest BCUT2D eigenvalue weighted by atomic mass is 79.9. The van der Waals surface area contributed by atoms with E-state index in [2.05, 4.69) is 73.1 Å². The van der Waals surface area contributed by atoms with Crippen LogP contribution in [0.15, 0.2) is 45.9 Å². The number of unbranched alkanes of at least 4 members (excludes halogenated alkanes) is 1. The predicted octanol–water partition coefficient (Wildman–Crippen LogP) is 5.40. The Morgan fingerprint density at radius 2 is 1.06 bits per heavy atom. The highest BCUT2D eigenvalue weighted by Gasteiger charge is 2.26. The summed E-state index contributed by atoms with van der Waals surface area (Å²) in [6.45, 7) is 0.846. The lowest BCUT2D eigenvalue weighted by atomic mass is 9.91. The smallest absolute Gasteiger partial charge is 0.272 e. The zero-order chi connectivity index (χ0) is 33.6. The number of rotatable bonds is 11. The van der Waals surface area contributed by atoms with E-state index in [1.54, 1.807) is 12.4 Å². The second kappa shape index (κ2) is 15.8. The summed E-state index contributed by atoms with van der Waals surface area (Å²) < 4.78 is 1.14. The van der Waals surface area contributed by atoms with Gasteiger partial charge in [0.1, 0.15) is 9.21 Å². The minimum absolute atomic E-state index is 0.193. The average molecular weight is 783 g/mol. The van der Waals surface area contributed by atoms with Gasteiger partial charge in [-0.05, 0) is 120 Å². The van der Waals surface area contributed by atoms with E-state index < -0.39 is 0 Å². The molecule has 0 unspecified atom stereocenters. The normalized spacial score (nSPS) is 21.2. The van der Waals surface area contributed by atoms with Gasteiger partial charge >= 0.3 is 0 Å². The van der Waals surface area contributed by atoms with Crippen molar-refractivity contribution in [3.63, 3.8) is 0 Å². The van der Waals surface area contributed by atoms with Crippen molar-refractivity contribution in [1.82, 2.24) is 30.6 Å². The van der Waals surface area contributed by atoms with Crippen LogP contribution in [0.4, 0.5) is 11.4 Å². The molecule has 2 amide bonds. The molecule has 4 heterocycles. The first-order valence-corrected chi connectivity index (χ1v) is 18.4. The molecule has 2 fully saturated rings. The molecule has 0 bridgehead atoms. The van der Waals surface area contributed by atoms with E-state index in [1.807, 2.05) is 24.3 Å². The number of anilines is 2. The maximum Gasteiger partial charge on any atom is 0.272 e. The summed E-state index contributed by atoms with van der Waals surface area (Å²) in [4.78, 5) is 45.4. The van der Waals surface area contributed by atoms with Gasteiger partial charge < -0.3 is 32.7 Å². The molecule has 4 aromatic rings. The molecule has 0 atom stereocenters. The van der Waals surface area contributed by atoms with Crippen molar-refractivity contribution in [3.05, 3.63) is 57.3 Å². The molecule has 48 heavy (non-hydrogen) atoms. The van der Waals surface area contributed by atoms with Crippen LogP contribution < -0.4 is 32.7 Å². The first kappa shape index (κ1) is 34.4. The highest BCUT2D eigenvalue weighted by molar-refractivity contribution is 9.10. The van der Waals surface area contributed by atoms with Crippen molar-refractivity contribution in [2.24, 2.45) is 11.5 Å². The third-order valence-electron chi connectivity index (χ3n) is 9.27. The predicted molar refractivity (Wildman–Crippen MR) is 196 cm³/mol. The summed E-state index contributed by atoms with van der Waals surface area (Å²) in [5.41, 5.74) is 15.5. The number of fused-ring (bicyclic) bond motifs is 2. The van der Waals surface area contributed by atoms with Crippen LogP contribution in [0, 0.1) is 0 Å². The molecule has 14 heteroatoms. The second-order valence-electron chi connectivity index (χ2n) is 12.8. The Morgan fingerprint density at radius 1 is 0.667 bits per heavy atom. The van der Waals surface area contributed by atoms with Crippen LogP contribution in [0.1, 0.15) is 85.2 Å². The van der Waals surface area contributed by atoms with Crippen molar-refractivity contribution in [3.8, 4) is 0 Å². The number of hydrogen-bond acceptors (Lipinski definition) is 10. The van der Waals surface area contributed by atoms with Gasteiger partial charge in [-0.2, -0.15) is 0 Å². The quantitative estimate of drug-likeness (QED) is 0.0850. The van der Waals surface area contributed by atoms with E-state index in [0.29, 0.717) is 68.9 Å². The van der Waals surface area contributed by atoms with Crippen LogP contribution in [0.25, 0.3) is 21.8 Å². The summed E-state index contributed by atoms with van der Waals surface area (Å²) in [5, 5.41) is 14.8. The number of nitrogens with one attached hydrogen (secondary N) is 4. The van der Waals surface area contributed by atoms with Gasteiger partial charge in [-0.3, -0.25) is 19.6 Å². The molecule has 2 saturated carbocycles. The van der Waals surface area contributed by atoms with Crippen LogP contribution in [-0.4, -0.2) is 69.0 Å². The highest BCUT2D eigenvalue weighted by Crippen LogP contribution is 2.33. The van der Waals surface area contributed by atoms with Crippen molar-refractivity contribution in [2.45, 2.75) is 88.4 Å². The standard InChI is InChI=1S/C34H42Br2N10O2/c35-31-23-5-3-17-39-25(23)27(43-21-11-7-19(37)8-12-21)29(45-31)33(47)41-15-1-2-16-42-34(48)30-28(44-22-13-9-20(38)10-14-22)26-24(32(36)46-30)6-4-18-40-26/h3-6,17-22,43-44H,1-2,7-16,37-38H2,(H,41,47)(H,42,48). The Morgan fingerprint density at radius 3 is 1.46 bits per heavy atom. The summed E-state index contributed by atoms with van der Waals surface area (Å²) in [6, 6.07) is 8.40. The van der Waals surface area contributed by atoms with Crippen LogP contribution in [0.2, 0.25) is 0 Å². The lowest BCUT2D eigenvalue weighted by molar-refractivity contribution is 0.0935.